The van der Waals surface area contributed by atoms with Crippen molar-refractivity contribution >= 4 is 40.2 Å². The molecule has 28 heavy (non-hydrogen) atoms. The van der Waals surface area contributed by atoms with E-state index < -0.39 is 6.03 Å². The largest absolute Gasteiger partial charge is 0.370 e. The molecule has 0 aliphatic rings. The number of benzene rings is 1. The lowest BCUT2D eigenvalue weighted by Crippen LogP contribution is -2.21. The summed E-state index contributed by atoms with van der Waals surface area (Å²) in [5, 5.41) is 9.49. The van der Waals surface area contributed by atoms with Gasteiger partial charge in [-0.25, -0.2) is 9.78 Å². The van der Waals surface area contributed by atoms with E-state index in [1.807, 2.05) is 31.2 Å². The Kier molecular flexibility index (Phi) is 6.11. The molecule has 144 valence electrons. The number of carbonyl (C=O) groups is 2. The van der Waals surface area contributed by atoms with Crippen LogP contribution in [-0.2, 0) is 4.79 Å². The summed E-state index contributed by atoms with van der Waals surface area (Å²) in [6, 6.07) is 10.6. The summed E-state index contributed by atoms with van der Waals surface area (Å²) < 4.78 is 0. The molecule has 2 heterocycles. The van der Waals surface area contributed by atoms with E-state index in [0.717, 1.165) is 23.0 Å². The van der Waals surface area contributed by atoms with Gasteiger partial charge in [-0.2, -0.15) is 4.98 Å². The van der Waals surface area contributed by atoms with Crippen LogP contribution < -0.4 is 16.0 Å². The van der Waals surface area contributed by atoms with Crippen LogP contribution in [0, 0.1) is 6.92 Å². The van der Waals surface area contributed by atoms with Gasteiger partial charge in [-0.15, -0.1) is 0 Å². The summed E-state index contributed by atoms with van der Waals surface area (Å²) in [5.41, 5.74) is 2.22. The molecule has 0 unspecified atom stereocenters. The fourth-order valence-electron chi connectivity index (χ4n) is 2.69. The third kappa shape index (κ3) is 5.47. The zero-order valence-electron chi connectivity index (χ0n) is 15.8. The number of rotatable bonds is 7. The Morgan fingerprint density at radius 1 is 1.07 bits per heavy atom. The Morgan fingerprint density at radius 2 is 1.93 bits per heavy atom. The third-order valence-electron chi connectivity index (χ3n) is 3.95. The lowest BCUT2D eigenvalue weighted by atomic mass is 10.2. The lowest BCUT2D eigenvalue weighted by molar-refractivity contribution is -0.117. The second-order valence-corrected chi connectivity index (χ2v) is 6.44. The summed E-state index contributed by atoms with van der Waals surface area (Å²) in [5.74, 6) is 0.960. The number of Topliss-reactive ketones (excluding diaryl/α,β-unsaturated/α-hetero) is 1. The van der Waals surface area contributed by atoms with Crippen molar-refractivity contribution in [1.82, 2.24) is 15.0 Å². The Morgan fingerprint density at radius 3 is 2.75 bits per heavy atom. The van der Waals surface area contributed by atoms with E-state index in [1.165, 1.54) is 0 Å². The molecule has 2 amide bonds. The van der Waals surface area contributed by atoms with E-state index in [-0.39, 0.29) is 11.7 Å². The molecule has 2 aromatic heterocycles. The van der Waals surface area contributed by atoms with E-state index in [9.17, 15) is 9.59 Å². The number of hydrogen-bond donors (Lipinski definition) is 3. The highest BCUT2D eigenvalue weighted by molar-refractivity contribution is 6.00. The Bertz CT molecular complexity index is 1000. The highest BCUT2D eigenvalue weighted by Crippen LogP contribution is 2.17. The van der Waals surface area contributed by atoms with Crippen LogP contribution in [0.1, 0.15) is 25.5 Å². The smallest absolute Gasteiger partial charge is 0.326 e. The van der Waals surface area contributed by atoms with Gasteiger partial charge in [0.25, 0.3) is 0 Å². The van der Waals surface area contributed by atoms with Gasteiger partial charge < -0.3 is 15.4 Å². The van der Waals surface area contributed by atoms with Crippen LogP contribution in [0.15, 0.2) is 42.6 Å². The van der Waals surface area contributed by atoms with Gasteiger partial charge >= 0.3 is 6.03 Å². The molecule has 0 saturated carbocycles. The average molecular weight is 378 g/mol. The van der Waals surface area contributed by atoms with Gasteiger partial charge in [0.2, 0.25) is 5.95 Å². The van der Waals surface area contributed by atoms with Crippen molar-refractivity contribution in [1.29, 1.82) is 0 Å². The first-order valence-corrected chi connectivity index (χ1v) is 9.01. The van der Waals surface area contributed by atoms with Crippen LogP contribution in [0.5, 0.6) is 0 Å². The number of nitrogens with one attached hydrogen (secondary N) is 3. The number of carbonyl (C=O) groups excluding carboxylic acids is 2. The van der Waals surface area contributed by atoms with Crippen molar-refractivity contribution in [2.75, 3.05) is 22.5 Å². The van der Waals surface area contributed by atoms with Crippen LogP contribution in [0.3, 0.4) is 0 Å². The van der Waals surface area contributed by atoms with Gasteiger partial charge in [0.1, 0.15) is 11.6 Å². The first-order chi connectivity index (χ1) is 13.5. The summed E-state index contributed by atoms with van der Waals surface area (Å²) in [6.07, 6.45) is 2.97. The molecular weight excluding hydrogens is 356 g/mol. The van der Waals surface area contributed by atoms with Crippen LogP contribution in [0.4, 0.5) is 22.2 Å². The number of ketones is 1. The van der Waals surface area contributed by atoms with Crippen molar-refractivity contribution < 1.29 is 9.59 Å². The van der Waals surface area contributed by atoms with Crippen molar-refractivity contribution in [3.05, 3.63) is 48.3 Å². The first kappa shape index (κ1) is 19.2. The first-order valence-electron chi connectivity index (χ1n) is 9.01. The number of aryl methyl sites for hydroxylation is 1. The standard InChI is InChI=1S/C20H22N6O2/c1-13-11-18(22-10-3-5-14(2)27)25-19(23-13)26-20(28)24-16-7-8-17-15(12-16)6-4-9-21-17/h4,6-9,11-12H,3,5,10H2,1-2H3,(H3,22,23,24,25,26,28). The second-order valence-electron chi connectivity index (χ2n) is 6.44. The summed E-state index contributed by atoms with van der Waals surface area (Å²) in [7, 11) is 0. The van der Waals surface area contributed by atoms with E-state index in [1.54, 1.807) is 25.3 Å². The van der Waals surface area contributed by atoms with Crippen LogP contribution in [0.2, 0.25) is 0 Å². The lowest BCUT2D eigenvalue weighted by Gasteiger charge is -2.10. The van der Waals surface area contributed by atoms with E-state index >= 15 is 0 Å². The van der Waals surface area contributed by atoms with Crippen LogP contribution in [0.25, 0.3) is 10.9 Å². The monoisotopic (exact) mass is 378 g/mol. The third-order valence-corrected chi connectivity index (χ3v) is 3.95. The van der Waals surface area contributed by atoms with Crippen LogP contribution >= 0.6 is 0 Å². The van der Waals surface area contributed by atoms with Gasteiger partial charge in [-0.3, -0.25) is 10.3 Å². The average Bonchev–Trinajstić information content (AvgIpc) is 2.64. The van der Waals surface area contributed by atoms with Crippen LogP contribution in [-0.4, -0.2) is 33.3 Å². The zero-order chi connectivity index (χ0) is 19.9. The predicted octanol–water partition coefficient (Wildman–Crippen LogP) is 3.76. The Balaban J connectivity index is 1.61. The molecule has 0 spiro atoms. The van der Waals surface area contributed by atoms with E-state index in [0.29, 0.717) is 24.5 Å². The maximum absolute atomic E-state index is 12.3. The molecule has 0 saturated heterocycles. The van der Waals surface area contributed by atoms with Crippen molar-refractivity contribution in [2.24, 2.45) is 0 Å². The summed E-state index contributed by atoms with van der Waals surface area (Å²) in [6.45, 7) is 4.01. The molecule has 0 radical (unpaired) electrons. The van der Waals surface area contributed by atoms with Crippen molar-refractivity contribution in [3.8, 4) is 0 Å². The molecule has 0 atom stereocenters. The normalized spacial score (nSPS) is 10.5. The second kappa shape index (κ2) is 8.90. The minimum absolute atomic E-state index is 0.157. The maximum atomic E-state index is 12.3. The van der Waals surface area contributed by atoms with E-state index in [4.69, 9.17) is 0 Å². The quantitative estimate of drug-likeness (QED) is 0.540. The Labute approximate surface area is 162 Å². The van der Waals surface area contributed by atoms with Gasteiger partial charge in [0.05, 0.1) is 5.52 Å². The molecule has 0 aliphatic heterocycles. The zero-order valence-corrected chi connectivity index (χ0v) is 15.8. The number of fused-ring (bicyclic) bond motifs is 1. The van der Waals surface area contributed by atoms with Gasteiger partial charge in [-0.1, -0.05) is 6.07 Å². The maximum Gasteiger partial charge on any atom is 0.326 e. The number of pyridine rings is 1. The summed E-state index contributed by atoms with van der Waals surface area (Å²) >= 11 is 0. The SMILES string of the molecule is CC(=O)CCCNc1cc(C)nc(NC(=O)Nc2ccc3ncccc3c2)n1. The predicted molar refractivity (Wildman–Crippen MR) is 110 cm³/mol. The molecule has 0 bridgehead atoms. The molecule has 3 N–H and O–H groups in total. The van der Waals surface area contributed by atoms with Gasteiger partial charge in [-0.05, 0) is 44.5 Å². The highest BCUT2D eigenvalue weighted by Gasteiger charge is 2.08. The Hall–Kier alpha value is -3.55. The molecule has 3 rings (SSSR count). The molecule has 8 heteroatoms. The molecule has 0 aliphatic carbocycles. The summed E-state index contributed by atoms with van der Waals surface area (Å²) in [4.78, 5) is 36.1. The minimum Gasteiger partial charge on any atom is -0.370 e. The number of nitrogens with zero attached hydrogens (tertiary/aromatic N) is 3. The van der Waals surface area contributed by atoms with Gasteiger partial charge in [0.15, 0.2) is 0 Å². The number of hydrogen-bond acceptors (Lipinski definition) is 6. The van der Waals surface area contributed by atoms with Crippen molar-refractivity contribution in [2.45, 2.75) is 26.7 Å². The molecular formula is C20H22N6O2. The van der Waals surface area contributed by atoms with Crippen molar-refractivity contribution in [3.63, 3.8) is 0 Å². The molecule has 1 aromatic carbocycles. The topological polar surface area (TPSA) is 109 Å². The highest BCUT2D eigenvalue weighted by atomic mass is 16.2. The fraction of sp³-hybridized carbons (Fsp3) is 0.250. The number of urea groups is 1. The van der Waals surface area contributed by atoms with E-state index in [2.05, 4.69) is 30.9 Å². The van der Waals surface area contributed by atoms with Gasteiger partial charge in [0, 0.05) is 42.0 Å². The molecule has 8 nitrogen and oxygen atoms in total. The fourth-order valence-corrected chi connectivity index (χ4v) is 2.69. The number of aromatic nitrogens is 3. The minimum atomic E-state index is -0.434. The number of anilines is 3. The number of amides is 2. The molecule has 3 aromatic rings. The molecule has 0 fully saturated rings.